The highest BCUT2D eigenvalue weighted by atomic mass is 32.1. The van der Waals surface area contributed by atoms with Crippen molar-refractivity contribution in [3.05, 3.63) is 58.0 Å². The van der Waals surface area contributed by atoms with Crippen LogP contribution >= 0.6 is 11.3 Å². The number of benzene rings is 1. The lowest BCUT2D eigenvalue weighted by atomic mass is 10.2. The molecule has 6 nitrogen and oxygen atoms in total. The van der Waals surface area contributed by atoms with Gasteiger partial charge >= 0.3 is 0 Å². The Morgan fingerprint density at radius 3 is 2.92 bits per heavy atom. The molecule has 3 heterocycles. The molecule has 1 amide bonds. The van der Waals surface area contributed by atoms with Crippen molar-refractivity contribution >= 4 is 17.2 Å². The van der Waals surface area contributed by atoms with Crippen LogP contribution in [-0.4, -0.2) is 27.6 Å². The summed E-state index contributed by atoms with van der Waals surface area (Å²) in [6, 6.07) is 14.1. The third-order valence-electron chi connectivity index (χ3n) is 4.23. The minimum absolute atomic E-state index is 0.0769. The number of amides is 1. The topological polar surface area (TPSA) is 82.7 Å². The number of H-pyrrole nitrogens is 1. The first-order valence-corrected chi connectivity index (χ1v) is 9.19. The third kappa shape index (κ3) is 3.62. The van der Waals surface area contributed by atoms with E-state index in [1.54, 1.807) is 11.3 Å². The molecule has 2 aromatic heterocycles. The number of aromatic nitrogens is 3. The predicted molar refractivity (Wildman–Crippen MR) is 97.3 cm³/mol. The molecule has 7 heteroatoms. The van der Waals surface area contributed by atoms with Crippen molar-refractivity contribution in [2.75, 3.05) is 6.54 Å². The lowest BCUT2D eigenvalue weighted by Crippen LogP contribution is -2.22. The van der Waals surface area contributed by atoms with Gasteiger partial charge in [-0.15, -0.1) is 11.3 Å². The number of hydrogen-bond acceptors (Lipinski definition) is 5. The average molecular weight is 353 g/mol. The van der Waals surface area contributed by atoms with Gasteiger partial charge in [0.15, 0.2) is 5.82 Å². The first kappa shape index (κ1) is 16.0. The largest absolute Gasteiger partial charge is 0.344 e. The summed E-state index contributed by atoms with van der Waals surface area (Å²) < 4.78 is 0. The van der Waals surface area contributed by atoms with Crippen LogP contribution in [0.15, 0.2) is 42.5 Å². The number of rotatable bonds is 5. The first-order chi connectivity index (χ1) is 12.3. The average Bonchev–Trinajstić information content (AvgIpc) is 3.41. The van der Waals surface area contributed by atoms with E-state index in [0.29, 0.717) is 24.2 Å². The zero-order valence-corrected chi connectivity index (χ0v) is 14.5. The summed E-state index contributed by atoms with van der Waals surface area (Å²) >= 11 is 1.55. The Bertz CT molecular complexity index is 851. The number of nitrogens with one attached hydrogen (secondary N) is 3. The fourth-order valence-corrected chi connectivity index (χ4v) is 3.97. The van der Waals surface area contributed by atoms with Gasteiger partial charge < -0.3 is 10.6 Å². The molecule has 0 aliphatic carbocycles. The van der Waals surface area contributed by atoms with E-state index < -0.39 is 0 Å². The van der Waals surface area contributed by atoms with Crippen molar-refractivity contribution in [3.63, 3.8) is 0 Å². The number of aromatic amines is 1. The van der Waals surface area contributed by atoms with E-state index in [1.165, 1.54) is 11.3 Å². The first-order valence-electron chi connectivity index (χ1n) is 8.37. The molecule has 0 radical (unpaired) electrons. The maximum atomic E-state index is 12.3. The molecule has 3 aromatic rings. The van der Waals surface area contributed by atoms with Crippen LogP contribution in [0.5, 0.6) is 0 Å². The Morgan fingerprint density at radius 1 is 1.24 bits per heavy atom. The highest BCUT2D eigenvalue weighted by Gasteiger charge is 2.19. The molecule has 0 saturated carbocycles. The fourth-order valence-electron chi connectivity index (χ4n) is 2.93. The normalized spacial score (nSPS) is 16.9. The van der Waals surface area contributed by atoms with E-state index in [-0.39, 0.29) is 5.91 Å². The molecule has 25 heavy (non-hydrogen) atoms. The smallest absolute Gasteiger partial charge is 0.261 e. The highest BCUT2D eigenvalue weighted by Crippen LogP contribution is 2.29. The molecule has 1 aliphatic rings. The van der Waals surface area contributed by atoms with Gasteiger partial charge in [0.05, 0.1) is 11.4 Å². The van der Waals surface area contributed by atoms with Crippen LogP contribution in [0.25, 0.3) is 11.4 Å². The Morgan fingerprint density at radius 2 is 2.12 bits per heavy atom. The van der Waals surface area contributed by atoms with E-state index in [0.717, 1.165) is 23.4 Å². The van der Waals surface area contributed by atoms with Crippen LogP contribution in [0.3, 0.4) is 0 Å². The third-order valence-corrected chi connectivity index (χ3v) is 5.43. The van der Waals surface area contributed by atoms with Crippen molar-refractivity contribution < 1.29 is 4.79 Å². The summed E-state index contributed by atoms with van der Waals surface area (Å²) in [6.45, 7) is 1.38. The molecule has 3 N–H and O–H groups in total. The Labute approximate surface area is 149 Å². The van der Waals surface area contributed by atoms with Crippen LogP contribution in [0, 0.1) is 0 Å². The van der Waals surface area contributed by atoms with Gasteiger partial charge in [-0.3, -0.25) is 9.89 Å². The standard InChI is InChI=1S/C18H19N5OS/c24-18(15-9-8-14(25-15)13-7-4-10-19-13)20-11-16-21-17(23-22-16)12-5-2-1-3-6-12/h1-3,5-6,8-9,13,19H,4,7,10-11H2,(H,20,24)(H,21,22,23). The molecular formula is C18H19N5OS. The van der Waals surface area contributed by atoms with Crippen LogP contribution in [0.1, 0.15) is 39.3 Å². The molecule has 1 saturated heterocycles. The SMILES string of the molecule is O=C(NCc1nc(-c2ccccc2)n[nH]1)c1ccc(C2CCCN2)s1. The van der Waals surface area contributed by atoms with Crippen LogP contribution in [0.4, 0.5) is 0 Å². The van der Waals surface area contributed by atoms with E-state index in [4.69, 9.17) is 0 Å². The molecule has 1 unspecified atom stereocenters. The molecule has 128 valence electrons. The summed E-state index contributed by atoms with van der Waals surface area (Å²) in [7, 11) is 0. The van der Waals surface area contributed by atoms with Gasteiger partial charge in [-0.2, -0.15) is 5.10 Å². The van der Waals surface area contributed by atoms with Crippen LogP contribution in [-0.2, 0) is 6.54 Å². The fraction of sp³-hybridized carbons (Fsp3) is 0.278. The van der Waals surface area contributed by atoms with Crippen LogP contribution < -0.4 is 10.6 Å². The molecule has 1 atom stereocenters. The van der Waals surface area contributed by atoms with Gasteiger partial charge in [0.2, 0.25) is 0 Å². The summed E-state index contributed by atoms with van der Waals surface area (Å²) in [4.78, 5) is 18.7. The second kappa shape index (κ2) is 7.16. The summed E-state index contributed by atoms with van der Waals surface area (Å²) in [6.07, 6.45) is 2.33. The zero-order chi connectivity index (χ0) is 17.1. The summed E-state index contributed by atoms with van der Waals surface area (Å²) in [5.74, 6) is 1.20. The molecule has 1 fully saturated rings. The van der Waals surface area contributed by atoms with Gasteiger partial charge in [-0.1, -0.05) is 30.3 Å². The van der Waals surface area contributed by atoms with Crippen molar-refractivity contribution in [2.45, 2.75) is 25.4 Å². The second-order valence-corrected chi connectivity index (χ2v) is 7.12. The predicted octanol–water partition coefficient (Wildman–Crippen LogP) is 2.89. The highest BCUT2D eigenvalue weighted by molar-refractivity contribution is 7.14. The zero-order valence-electron chi connectivity index (χ0n) is 13.7. The lowest BCUT2D eigenvalue weighted by Gasteiger charge is -2.06. The van der Waals surface area contributed by atoms with E-state index in [2.05, 4.69) is 25.8 Å². The van der Waals surface area contributed by atoms with Gasteiger partial charge in [-0.25, -0.2) is 4.98 Å². The minimum atomic E-state index is -0.0769. The molecule has 0 spiro atoms. The number of carbonyl (C=O) groups excluding carboxylic acids is 1. The van der Waals surface area contributed by atoms with Gasteiger partial charge in [0.25, 0.3) is 5.91 Å². The maximum Gasteiger partial charge on any atom is 0.261 e. The summed E-state index contributed by atoms with van der Waals surface area (Å²) in [5.41, 5.74) is 0.947. The van der Waals surface area contributed by atoms with Gasteiger partial charge in [0, 0.05) is 16.5 Å². The molecule has 4 rings (SSSR count). The monoisotopic (exact) mass is 353 g/mol. The van der Waals surface area contributed by atoms with E-state index in [1.807, 2.05) is 42.5 Å². The number of hydrogen-bond donors (Lipinski definition) is 3. The number of nitrogens with zero attached hydrogens (tertiary/aromatic N) is 2. The minimum Gasteiger partial charge on any atom is -0.344 e. The second-order valence-electron chi connectivity index (χ2n) is 6.01. The van der Waals surface area contributed by atoms with Gasteiger partial charge in [-0.05, 0) is 31.5 Å². The quantitative estimate of drug-likeness (QED) is 0.659. The van der Waals surface area contributed by atoms with Crippen molar-refractivity contribution in [1.29, 1.82) is 0 Å². The Hall–Kier alpha value is -2.51. The maximum absolute atomic E-state index is 12.3. The summed E-state index contributed by atoms with van der Waals surface area (Å²) in [5, 5.41) is 13.4. The van der Waals surface area contributed by atoms with Crippen molar-refractivity contribution in [1.82, 2.24) is 25.8 Å². The lowest BCUT2D eigenvalue weighted by molar-refractivity contribution is 0.0954. The van der Waals surface area contributed by atoms with Gasteiger partial charge in [0.1, 0.15) is 5.82 Å². The van der Waals surface area contributed by atoms with E-state index in [9.17, 15) is 4.79 Å². The molecule has 1 aromatic carbocycles. The van der Waals surface area contributed by atoms with Crippen LogP contribution in [0.2, 0.25) is 0 Å². The van der Waals surface area contributed by atoms with Crippen molar-refractivity contribution in [3.8, 4) is 11.4 Å². The Balaban J connectivity index is 1.37. The van der Waals surface area contributed by atoms with E-state index >= 15 is 0 Å². The van der Waals surface area contributed by atoms with Crippen molar-refractivity contribution in [2.24, 2.45) is 0 Å². The molecule has 0 bridgehead atoms. The number of carbonyl (C=O) groups is 1. The molecule has 1 aliphatic heterocycles. The number of thiophene rings is 1. The Kier molecular flexibility index (Phi) is 4.58. The molecular weight excluding hydrogens is 334 g/mol.